The first-order chi connectivity index (χ1) is 15.9. The summed E-state index contributed by atoms with van der Waals surface area (Å²) in [6.45, 7) is 3.80. The van der Waals surface area contributed by atoms with Crippen LogP contribution in [0.25, 0.3) is 22.6 Å². The highest BCUT2D eigenvalue weighted by Crippen LogP contribution is 2.33. The van der Waals surface area contributed by atoms with Gasteiger partial charge in [-0.1, -0.05) is 31.2 Å². The van der Waals surface area contributed by atoms with Gasteiger partial charge in [0.1, 0.15) is 17.0 Å². The molecule has 0 bridgehead atoms. The Hall–Kier alpha value is -3.91. The van der Waals surface area contributed by atoms with Crippen LogP contribution >= 0.6 is 12.2 Å². The average Bonchev–Trinajstić information content (AvgIpc) is 3.22. The van der Waals surface area contributed by atoms with E-state index in [2.05, 4.69) is 22.5 Å². The fourth-order valence-electron chi connectivity index (χ4n) is 3.28. The molecule has 0 atom stereocenters. The van der Waals surface area contributed by atoms with Gasteiger partial charge in [0.2, 0.25) is 5.89 Å². The van der Waals surface area contributed by atoms with Gasteiger partial charge in [-0.2, -0.15) is 0 Å². The van der Waals surface area contributed by atoms with E-state index in [1.54, 1.807) is 18.2 Å². The highest BCUT2D eigenvalue weighted by Gasteiger charge is 2.14. The van der Waals surface area contributed by atoms with Crippen molar-refractivity contribution in [2.75, 3.05) is 11.9 Å². The number of para-hydroxylation sites is 1. The van der Waals surface area contributed by atoms with Crippen molar-refractivity contribution in [3.63, 3.8) is 0 Å². The molecule has 0 radical (unpaired) electrons. The predicted molar refractivity (Wildman–Crippen MR) is 132 cm³/mol. The summed E-state index contributed by atoms with van der Waals surface area (Å²) in [6, 6.07) is 18.1. The van der Waals surface area contributed by atoms with Crippen molar-refractivity contribution >= 4 is 40.0 Å². The average molecular weight is 462 g/mol. The summed E-state index contributed by atoms with van der Waals surface area (Å²) in [5, 5.41) is 16.0. The van der Waals surface area contributed by atoms with Crippen LogP contribution in [0, 0.1) is 6.92 Å². The zero-order chi connectivity index (χ0) is 23.4. The van der Waals surface area contributed by atoms with Gasteiger partial charge < -0.3 is 19.6 Å². The van der Waals surface area contributed by atoms with Gasteiger partial charge in [0.15, 0.2) is 17.3 Å². The number of phenolic OH excluding ortho intramolecular Hbond substituents is 1. The van der Waals surface area contributed by atoms with E-state index in [-0.39, 0.29) is 23.4 Å². The van der Waals surface area contributed by atoms with Gasteiger partial charge in [0, 0.05) is 5.69 Å². The minimum absolute atomic E-state index is 0.0180. The summed E-state index contributed by atoms with van der Waals surface area (Å²) >= 11 is 5.24. The fourth-order valence-corrected chi connectivity index (χ4v) is 3.51. The number of aryl methyl sites for hydroxylation is 2. The van der Waals surface area contributed by atoms with E-state index in [4.69, 9.17) is 21.4 Å². The van der Waals surface area contributed by atoms with Crippen molar-refractivity contribution in [2.45, 2.75) is 20.3 Å². The number of aromatic hydroxyl groups is 1. The van der Waals surface area contributed by atoms with Gasteiger partial charge in [-0.05, 0) is 73.1 Å². The molecule has 0 fully saturated rings. The van der Waals surface area contributed by atoms with Crippen molar-refractivity contribution in [1.82, 2.24) is 10.3 Å². The van der Waals surface area contributed by atoms with E-state index in [0.29, 0.717) is 28.5 Å². The van der Waals surface area contributed by atoms with Crippen LogP contribution < -0.4 is 15.4 Å². The smallest absolute Gasteiger partial charge is 0.264 e. The molecule has 3 aromatic carbocycles. The normalized spacial score (nSPS) is 10.7. The van der Waals surface area contributed by atoms with E-state index < -0.39 is 0 Å². The first-order valence-electron chi connectivity index (χ1n) is 10.4. The Morgan fingerprint density at radius 2 is 1.97 bits per heavy atom. The maximum atomic E-state index is 12.2. The molecule has 0 saturated carbocycles. The first kappa shape index (κ1) is 22.3. The summed E-state index contributed by atoms with van der Waals surface area (Å²) < 4.78 is 11.4. The van der Waals surface area contributed by atoms with Gasteiger partial charge in [-0.25, -0.2) is 4.98 Å². The molecule has 0 unspecified atom stereocenters. The lowest BCUT2D eigenvalue weighted by molar-refractivity contribution is -0.121. The minimum atomic E-state index is -0.388. The molecular weight excluding hydrogens is 438 g/mol. The molecule has 8 heteroatoms. The Labute approximate surface area is 196 Å². The summed E-state index contributed by atoms with van der Waals surface area (Å²) in [5.41, 5.74) is 4.41. The van der Waals surface area contributed by atoms with E-state index in [1.807, 2.05) is 43.3 Å². The third-order valence-electron chi connectivity index (χ3n) is 5.05. The van der Waals surface area contributed by atoms with Crippen molar-refractivity contribution in [1.29, 1.82) is 0 Å². The lowest BCUT2D eigenvalue weighted by Crippen LogP contribution is -2.37. The molecule has 4 aromatic rings. The van der Waals surface area contributed by atoms with Crippen molar-refractivity contribution in [3.8, 4) is 23.0 Å². The molecule has 1 heterocycles. The van der Waals surface area contributed by atoms with Gasteiger partial charge in [-0.3, -0.25) is 10.1 Å². The third kappa shape index (κ3) is 5.30. The van der Waals surface area contributed by atoms with Crippen molar-refractivity contribution < 1.29 is 19.1 Å². The summed E-state index contributed by atoms with van der Waals surface area (Å²) in [7, 11) is 0. The molecular formula is C25H23N3O4S. The Balaban J connectivity index is 1.42. The quantitative estimate of drug-likeness (QED) is 0.276. The van der Waals surface area contributed by atoms with Gasteiger partial charge >= 0.3 is 0 Å². The topological polar surface area (TPSA) is 96.6 Å². The van der Waals surface area contributed by atoms with Crippen molar-refractivity contribution in [2.24, 2.45) is 0 Å². The summed E-state index contributed by atoms with van der Waals surface area (Å²) in [6.07, 6.45) is 0.891. The monoisotopic (exact) mass is 461 g/mol. The van der Waals surface area contributed by atoms with Crippen LogP contribution in [0.5, 0.6) is 11.5 Å². The number of rotatable bonds is 6. The molecule has 0 aliphatic carbocycles. The molecule has 1 amide bonds. The molecule has 0 aliphatic heterocycles. The molecule has 1 aromatic heterocycles. The molecule has 168 valence electrons. The second-order valence-electron chi connectivity index (χ2n) is 7.46. The number of anilines is 1. The minimum Gasteiger partial charge on any atom is -0.507 e. The number of carbonyl (C=O) groups excluding carboxylic acids is 1. The fraction of sp³-hybridized carbons (Fsp3) is 0.160. The highest BCUT2D eigenvalue weighted by molar-refractivity contribution is 7.80. The largest absolute Gasteiger partial charge is 0.507 e. The lowest BCUT2D eigenvalue weighted by Gasteiger charge is -2.12. The van der Waals surface area contributed by atoms with E-state index in [9.17, 15) is 9.90 Å². The van der Waals surface area contributed by atoms with Crippen LogP contribution in [0.2, 0.25) is 0 Å². The standard InChI is InChI=1S/C25H23N3O4S/c1-3-16-8-11-22-19(12-16)27-24(32-22)18-13-17(9-10-20(18)29)26-25(33)28-23(30)14-31-21-7-5-4-6-15(21)2/h4-13,29H,3,14H2,1-2H3,(H2,26,28,30,33). The van der Waals surface area contributed by atoms with Crippen LogP contribution in [0.3, 0.4) is 0 Å². The molecule has 33 heavy (non-hydrogen) atoms. The number of nitrogens with zero attached hydrogens (tertiary/aromatic N) is 1. The number of carbonyl (C=O) groups is 1. The van der Waals surface area contributed by atoms with Crippen LogP contribution in [0.4, 0.5) is 5.69 Å². The molecule has 0 aliphatic rings. The first-order valence-corrected chi connectivity index (χ1v) is 10.9. The van der Waals surface area contributed by atoms with Gasteiger partial charge in [-0.15, -0.1) is 0 Å². The Bertz CT molecular complexity index is 1330. The number of phenols is 1. The lowest BCUT2D eigenvalue weighted by atomic mass is 10.1. The second-order valence-corrected chi connectivity index (χ2v) is 7.87. The Morgan fingerprint density at radius 1 is 1.15 bits per heavy atom. The SMILES string of the molecule is CCc1ccc2oc(-c3cc(NC(=S)NC(=O)COc4ccccc4C)ccc3O)nc2c1. The maximum absolute atomic E-state index is 12.2. The van der Waals surface area contributed by atoms with Gasteiger partial charge in [0.25, 0.3) is 5.91 Å². The summed E-state index contributed by atoms with van der Waals surface area (Å²) in [5.74, 6) is 0.560. The number of ether oxygens (including phenoxy) is 1. The third-order valence-corrected chi connectivity index (χ3v) is 5.25. The Kier molecular flexibility index (Phi) is 6.55. The second kappa shape index (κ2) is 9.70. The number of nitrogens with one attached hydrogen (secondary N) is 2. The molecule has 7 nitrogen and oxygen atoms in total. The zero-order valence-corrected chi connectivity index (χ0v) is 19.0. The molecule has 0 saturated heterocycles. The number of oxazole rings is 1. The van der Waals surface area contributed by atoms with E-state index in [1.165, 1.54) is 6.07 Å². The number of hydrogen-bond acceptors (Lipinski definition) is 6. The van der Waals surface area contributed by atoms with Crippen molar-refractivity contribution in [3.05, 3.63) is 71.8 Å². The number of fused-ring (bicyclic) bond motifs is 1. The number of thiocarbonyl (C=S) groups is 1. The number of amides is 1. The molecule has 4 rings (SSSR count). The number of hydrogen-bond donors (Lipinski definition) is 3. The maximum Gasteiger partial charge on any atom is 0.264 e. The van der Waals surface area contributed by atoms with Crippen LogP contribution in [-0.2, 0) is 11.2 Å². The van der Waals surface area contributed by atoms with E-state index >= 15 is 0 Å². The van der Waals surface area contributed by atoms with Crippen LogP contribution in [-0.4, -0.2) is 27.7 Å². The molecule has 3 N–H and O–H groups in total. The van der Waals surface area contributed by atoms with E-state index in [0.717, 1.165) is 23.1 Å². The van der Waals surface area contributed by atoms with Gasteiger partial charge in [0.05, 0.1) is 5.56 Å². The van der Waals surface area contributed by atoms with Crippen LogP contribution in [0.15, 0.2) is 65.1 Å². The zero-order valence-electron chi connectivity index (χ0n) is 18.2. The Morgan fingerprint density at radius 3 is 2.76 bits per heavy atom. The number of benzene rings is 3. The predicted octanol–water partition coefficient (Wildman–Crippen LogP) is 4.96. The molecule has 0 spiro atoms. The number of aromatic nitrogens is 1. The summed E-state index contributed by atoms with van der Waals surface area (Å²) in [4.78, 5) is 16.7. The highest BCUT2D eigenvalue weighted by atomic mass is 32.1. The van der Waals surface area contributed by atoms with Crippen LogP contribution in [0.1, 0.15) is 18.1 Å².